The van der Waals surface area contributed by atoms with E-state index in [1.54, 1.807) is 0 Å². The van der Waals surface area contributed by atoms with Crippen LogP contribution in [0.4, 0.5) is 27.6 Å². The minimum absolute atomic E-state index is 0.205. The Kier molecular flexibility index (Phi) is 3.96. The van der Waals surface area contributed by atoms with E-state index in [1.807, 2.05) is 0 Å². The van der Waals surface area contributed by atoms with E-state index in [-0.39, 0.29) is 11.1 Å². The molecule has 1 heterocycles. The Labute approximate surface area is 134 Å². The monoisotopic (exact) mass is 338 g/mol. The zero-order valence-electron chi connectivity index (χ0n) is 12.4. The van der Waals surface area contributed by atoms with Crippen molar-refractivity contribution in [3.63, 3.8) is 0 Å². The minimum Gasteiger partial charge on any atom is -0.207 e. The van der Waals surface area contributed by atoms with Crippen LogP contribution in [0.15, 0.2) is 47.7 Å². The summed E-state index contributed by atoms with van der Waals surface area (Å²) in [4.78, 5) is 0. The van der Waals surface area contributed by atoms with Gasteiger partial charge in [0, 0.05) is 11.6 Å². The third-order valence-electron chi connectivity index (χ3n) is 3.66. The maximum Gasteiger partial charge on any atom is 0.286 e. The first-order chi connectivity index (χ1) is 11.3. The van der Waals surface area contributed by atoms with Gasteiger partial charge in [0.2, 0.25) is 0 Å². The number of halogens is 5. The summed E-state index contributed by atoms with van der Waals surface area (Å²) in [6, 6.07) is 6.74. The van der Waals surface area contributed by atoms with Crippen LogP contribution in [0.2, 0.25) is 0 Å². The third-order valence-corrected chi connectivity index (χ3v) is 3.66. The fraction of sp³-hybridized carbons (Fsp3) is 0.118. The highest BCUT2D eigenvalue weighted by Crippen LogP contribution is 2.37. The van der Waals surface area contributed by atoms with Crippen molar-refractivity contribution in [2.45, 2.75) is 6.43 Å². The van der Waals surface area contributed by atoms with Gasteiger partial charge in [-0.25, -0.2) is 22.0 Å². The maximum absolute atomic E-state index is 13.7. The van der Waals surface area contributed by atoms with Crippen LogP contribution in [-0.4, -0.2) is 19.2 Å². The van der Waals surface area contributed by atoms with Crippen LogP contribution in [0.1, 0.15) is 0 Å². The van der Waals surface area contributed by atoms with E-state index in [2.05, 4.69) is 11.2 Å². The van der Waals surface area contributed by atoms with Gasteiger partial charge in [0.25, 0.3) is 6.43 Å². The second kappa shape index (κ2) is 5.83. The van der Waals surface area contributed by atoms with E-state index >= 15 is 0 Å². The smallest absolute Gasteiger partial charge is 0.207 e. The molecule has 0 saturated heterocycles. The van der Waals surface area contributed by atoms with E-state index in [0.717, 1.165) is 24.3 Å². The molecule has 2 aromatic carbocycles. The average molecular weight is 338 g/mol. The maximum atomic E-state index is 13.7. The molecule has 1 aliphatic heterocycles. The SMILES string of the molecule is C[N+]1(c2ccc(F)cc2-c2ccc(F)c(F)c2)C=[C]C(C(F)F)=N1. The molecule has 2 aromatic rings. The first-order valence-corrected chi connectivity index (χ1v) is 6.91. The molecular formula is C17H11F5N2+. The third kappa shape index (κ3) is 2.82. The summed E-state index contributed by atoms with van der Waals surface area (Å²) < 4.78 is 65.5. The van der Waals surface area contributed by atoms with Gasteiger partial charge in [0.15, 0.2) is 23.0 Å². The van der Waals surface area contributed by atoms with E-state index in [1.165, 1.54) is 25.4 Å². The summed E-state index contributed by atoms with van der Waals surface area (Å²) in [5.74, 6) is -2.73. The van der Waals surface area contributed by atoms with Gasteiger partial charge in [-0.15, -0.1) is 4.59 Å². The zero-order chi connectivity index (χ0) is 17.5. The average Bonchev–Trinajstić information content (AvgIpc) is 2.93. The van der Waals surface area contributed by atoms with Crippen LogP contribution in [-0.2, 0) is 0 Å². The highest BCUT2D eigenvalue weighted by atomic mass is 19.3. The van der Waals surface area contributed by atoms with Crippen LogP contribution in [0.5, 0.6) is 0 Å². The summed E-state index contributed by atoms with van der Waals surface area (Å²) >= 11 is 0. The summed E-state index contributed by atoms with van der Waals surface area (Å²) in [6.07, 6.45) is 0.870. The van der Waals surface area contributed by atoms with Crippen LogP contribution in [0.25, 0.3) is 11.1 Å². The number of rotatable bonds is 3. The van der Waals surface area contributed by atoms with Crippen molar-refractivity contribution in [1.82, 2.24) is 4.59 Å². The Morgan fingerprint density at radius 2 is 1.75 bits per heavy atom. The minimum atomic E-state index is -2.80. The summed E-state index contributed by atoms with van der Waals surface area (Å²) in [5.41, 5.74) is 0.217. The molecule has 3 rings (SSSR count). The van der Waals surface area contributed by atoms with Gasteiger partial charge in [0.05, 0.1) is 6.08 Å². The summed E-state index contributed by atoms with van der Waals surface area (Å²) in [6.45, 7) is 0. The number of nitrogens with zero attached hydrogens (tertiary/aromatic N) is 2. The van der Waals surface area contributed by atoms with Crippen LogP contribution in [0.3, 0.4) is 0 Å². The van der Waals surface area contributed by atoms with Crippen LogP contribution in [0, 0.1) is 23.5 Å². The van der Waals surface area contributed by atoms with E-state index < -0.39 is 34.2 Å². The Bertz CT molecular complexity index is 860. The number of quaternary nitrogens is 1. The molecule has 0 spiro atoms. The standard InChI is InChI=1S/C17H11F5N2/c1-24(7-6-15(23-24)17(21)22)16-5-3-11(18)9-12(16)10-2-4-13(19)14(20)8-10/h2-5,7-9,17H,1H3/q+1. The predicted molar refractivity (Wildman–Crippen MR) is 80.7 cm³/mol. The number of benzene rings is 2. The molecule has 24 heavy (non-hydrogen) atoms. The quantitative estimate of drug-likeness (QED) is 0.570. The Balaban J connectivity index is 2.17. The number of allylic oxidation sites excluding steroid dienone is 1. The van der Waals surface area contributed by atoms with Crippen LogP contribution >= 0.6 is 0 Å². The fourth-order valence-electron chi connectivity index (χ4n) is 2.50. The summed E-state index contributed by atoms with van der Waals surface area (Å²) in [5, 5.41) is 3.89. The molecule has 0 bridgehead atoms. The molecule has 0 aliphatic carbocycles. The molecule has 7 heteroatoms. The largest absolute Gasteiger partial charge is 0.286 e. The number of hydrogen-bond acceptors (Lipinski definition) is 1. The lowest BCUT2D eigenvalue weighted by Gasteiger charge is -2.23. The topological polar surface area (TPSA) is 12.4 Å². The predicted octanol–water partition coefficient (Wildman–Crippen LogP) is 4.66. The van der Waals surface area contributed by atoms with Crippen molar-refractivity contribution >= 4 is 11.4 Å². The molecule has 1 unspecified atom stereocenters. The van der Waals surface area contributed by atoms with Crippen molar-refractivity contribution in [1.29, 1.82) is 0 Å². The molecule has 1 atom stereocenters. The second-order valence-corrected chi connectivity index (χ2v) is 5.38. The van der Waals surface area contributed by atoms with Crippen molar-refractivity contribution in [2.75, 3.05) is 7.05 Å². The first kappa shape index (κ1) is 16.3. The van der Waals surface area contributed by atoms with Crippen molar-refractivity contribution in [3.8, 4) is 11.1 Å². The highest BCUT2D eigenvalue weighted by Gasteiger charge is 2.34. The molecule has 1 radical (unpaired) electrons. The van der Waals surface area contributed by atoms with Gasteiger partial charge in [-0.2, -0.15) is 0 Å². The van der Waals surface area contributed by atoms with E-state index in [4.69, 9.17) is 0 Å². The zero-order valence-corrected chi connectivity index (χ0v) is 12.4. The molecule has 1 aliphatic rings. The van der Waals surface area contributed by atoms with Gasteiger partial charge < -0.3 is 0 Å². The van der Waals surface area contributed by atoms with Gasteiger partial charge in [-0.3, -0.25) is 0 Å². The molecule has 0 aromatic heterocycles. The molecule has 0 saturated carbocycles. The molecule has 0 fully saturated rings. The molecule has 0 amide bonds. The lowest BCUT2D eigenvalue weighted by Crippen LogP contribution is -2.31. The van der Waals surface area contributed by atoms with Gasteiger partial charge in [-0.1, -0.05) is 11.2 Å². The Morgan fingerprint density at radius 1 is 1.00 bits per heavy atom. The van der Waals surface area contributed by atoms with Crippen molar-refractivity contribution in [3.05, 3.63) is 66.1 Å². The van der Waals surface area contributed by atoms with Crippen molar-refractivity contribution < 1.29 is 22.0 Å². The van der Waals surface area contributed by atoms with Crippen molar-refractivity contribution in [2.24, 2.45) is 5.10 Å². The number of alkyl halides is 2. The molecule has 123 valence electrons. The van der Waals surface area contributed by atoms with E-state index in [0.29, 0.717) is 5.69 Å². The Hall–Kier alpha value is -2.54. The second-order valence-electron chi connectivity index (χ2n) is 5.38. The normalized spacial score (nSPS) is 19.9. The first-order valence-electron chi connectivity index (χ1n) is 6.91. The molecule has 2 nitrogen and oxygen atoms in total. The van der Waals surface area contributed by atoms with Crippen LogP contribution < -0.4 is 4.59 Å². The van der Waals surface area contributed by atoms with Gasteiger partial charge in [0.1, 0.15) is 19.1 Å². The highest BCUT2D eigenvalue weighted by molar-refractivity contribution is 5.96. The lowest BCUT2D eigenvalue weighted by molar-refractivity contribution is 0.225. The molecular weight excluding hydrogens is 327 g/mol. The van der Waals surface area contributed by atoms with Gasteiger partial charge in [-0.05, 0) is 29.8 Å². The fourth-order valence-corrected chi connectivity index (χ4v) is 2.50. The molecule has 0 N–H and O–H groups in total. The Morgan fingerprint density at radius 3 is 2.38 bits per heavy atom. The lowest BCUT2D eigenvalue weighted by atomic mass is 10.0. The van der Waals surface area contributed by atoms with E-state index in [9.17, 15) is 22.0 Å². The summed E-state index contributed by atoms with van der Waals surface area (Å²) in [7, 11) is 1.50. The number of hydrogen-bond donors (Lipinski definition) is 0. The van der Waals surface area contributed by atoms with Gasteiger partial charge >= 0.3 is 0 Å².